The molecule has 4 aromatic carbocycles. The van der Waals surface area contributed by atoms with Gasteiger partial charge in [0.25, 0.3) is 0 Å². The first kappa shape index (κ1) is 12.8. The van der Waals surface area contributed by atoms with E-state index in [-0.39, 0.29) is 0 Å². The zero-order valence-corrected chi connectivity index (χ0v) is 12.3. The van der Waals surface area contributed by atoms with Gasteiger partial charge in [0, 0.05) is 0 Å². The molecule has 22 heavy (non-hydrogen) atoms. The Morgan fingerprint density at radius 3 is 2.18 bits per heavy atom. The molecule has 0 aliphatic heterocycles. The second-order valence-corrected chi connectivity index (χ2v) is 5.55. The van der Waals surface area contributed by atoms with Gasteiger partial charge in [-0.3, -0.25) is 0 Å². The van der Waals surface area contributed by atoms with Gasteiger partial charge in [-0.2, -0.15) is 0 Å². The highest BCUT2D eigenvalue weighted by Crippen LogP contribution is 2.30. The van der Waals surface area contributed by atoms with E-state index in [9.17, 15) is 0 Å². The fourth-order valence-electron chi connectivity index (χ4n) is 3.03. The number of fused-ring (bicyclic) bond motifs is 3. The maximum absolute atomic E-state index is 3.86. The van der Waals surface area contributed by atoms with Crippen molar-refractivity contribution in [3.8, 4) is 11.1 Å². The van der Waals surface area contributed by atoms with Gasteiger partial charge in [-0.25, -0.2) is 0 Å². The first-order chi connectivity index (χ1) is 10.8. The van der Waals surface area contributed by atoms with Crippen molar-refractivity contribution in [3.05, 3.63) is 91.0 Å². The Balaban J connectivity index is 1.99. The molecule has 0 N–H and O–H groups in total. The van der Waals surface area contributed by atoms with Crippen LogP contribution in [0.3, 0.4) is 0 Å². The van der Waals surface area contributed by atoms with Crippen molar-refractivity contribution in [3.63, 3.8) is 0 Å². The average Bonchev–Trinajstić information content (AvgIpc) is 2.61. The Hall–Kier alpha value is -2.86. The summed E-state index contributed by atoms with van der Waals surface area (Å²) in [6.45, 7) is 3.86. The molecule has 0 heteroatoms. The van der Waals surface area contributed by atoms with E-state index in [4.69, 9.17) is 0 Å². The van der Waals surface area contributed by atoms with Crippen LogP contribution in [0, 0.1) is 0 Å². The van der Waals surface area contributed by atoms with Gasteiger partial charge in [-0.15, -0.1) is 0 Å². The van der Waals surface area contributed by atoms with Gasteiger partial charge in [0.2, 0.25) is 0 Å². The van der Waals surface area contributed by atoms with E-state index in [1.54, 1.807) is 0 Å². The molecule has 0 amide bonds. The summed E-state index contributed by atoms with van der Waals surface area (Å²) in [7, 11) is 0. The Morgan fingerprint density at radius 1 is 0.591 bits per heavy atom. The van der Waals surface area contributed by atoms with Crippen molar-refractivity contribution < 1.29 is 0 Å². The highest BCUT2D eigenvalue weighted by atomic mass is 14.1. The SMILES string of the molecule is C=Cc1cccc(-c2ccc3ccc4ccccc4c3c2)c1. The summed E-state index contributed by atoms with van der Waals surface area (Å²) in [6, 6.07) is 28.1. The first-order valence-corrected chi connectivity index (χ1v) is 7.49. The normalized spacial score (nSPS) is 10.9. The summed E-state index contributed by atoms with van der Waals surface area (Å²) >= 11 is 0. The molecule has 0 atom stereocenters. The monoisotopic (exact) mass is 280 g/mol. The lowest BCUT2D eigenvalue weighted by Crippen LogP contribution is -1.82. The van der Waals surface area contributed by atoms with E-state index in [2.05, 4.69) is 85.4 Å². The number of benzene rings is 4. The molecule has 0 unspecified atom stereocenters. The van der Waals surface area contributed by atoms with Crippen LogP contribution in [0.4, 0.5) is 0 Å². The second kappa shape index (κ2) is 5.16. The minimum absolute atomic E-state index is 1.15. The van der Waals surface area contributed by atoms with E-state index < -0.39 is 0 Å². The lowest BCUT2D eigenvalue weighted by atomic mass is 9.96. The number of rotatable bonds is 2. The van der Waals surface area contributed by atoms with E-state index in [0.29, 0.717) is 0 Å². The molecule has 0 fully saturated rings. The van der Waals surface area contributed by atoms with Crippen molar-refractivity contribution in [2.45, 2.75) is 0 Å². The van der Waals surface area contributed by atoms with Crippen LogP contribution in [0.5, 0.6) is 0 Å². The lowest BCUT2D eigenvalue weighted by Gasteiger charge is -2.08. The quantitative estimate of drug-likeness (QED) is 0.378. The van der Waals surface area contributed by atoms with Crippen molar-refractivity contribution in [2.75, 3.05) is 0 Å². The zero-order valence-electron chi connectivity index (χ0n) is 12.3. The summed E-state index contributed by atoms with van der Waals surface area (Å²) in [5.41, 5.74) is 3.62. The number of hydrogen-bond donors (Lipinski definition) is 0. The van der Waals surface area contributed by atoms with Crippen LogP contribution in [0.2, 0.25) is 0 Å². The molecule has 104 valence electrons. The maximum atomic E-state index is 3.86. The van der Waals surface area contributed by atoms with Crippen LogP contribution < -0.4 is 0 Å². The molecule has 0 nitrogen and oxygen atoms in total. The smallest absolute Gasteiger partial charge is 0.00992 e. The van der Waals surface area contributed by atoms with Crippen molar-refractivity contribution >= 4 is 27.6 Å². The van der Waals surface area contributed by atoms with Gasteiger partial charge < -0.3 is 0 Å². The largest absolute Gasteiger partial charge is 0.0985 e. The Morgan fingerprint density at radius 2 is 1.32 bits per heavy atom. The topological polar surface area (TPSA) is 0 Å². The van der Waals surface area contributed by atoms with Crippen LogP contribution in [0.15, 0.2) is 85.4 Å². The Kier molecular flexibility index (Phi) is 3.01. The third-order valence-electron chi connectivity index (χ3n) is 4.20. The molecule has 4 rings (SSSR count). The van der Waals surface area contributed by atoms with Gasteiger partial charge >= 0.3 is 0 Å². The van der Waals surface area contributed by atoms with Crippen molar-refractivity contribution in [2.24, 2.45) is 0 Å². The third kappa shape index (κ3) is 2.10. The maximum Gasteiger partial charge on any atom is -0.00992 e. The molecule has 0 saturated carbocycles. The van der Waals surface area contributed by atoms with Crippen LogP contribution >= 0.6 is 0 Å². The van der Waals surface area contributed by atoms with Crippen LogP contribution in [0.1, 0.15) is 5.56 Å². The molecular formula is C22H16. The lowest BCUT2D eigenvalue weighted by molar-refractivity contribution is 1.62. The first-order valence-electron chi connectivity index (χ1n) is 7.49. The molecule has 0 aliphatic carbocycles. The Labute approximate surface area is 130 Å². The second-order valence-electron chi connectivity index (χ2n) is 5.55. The van der Waals surface area contributed by atoms with Crippen LogP contribution in [0.25, 0.3) is 38.7 Å². The summed E-state index contributed by atoms with van der Waals surface area (Å²) in [6.07, 6.45) is 1.89. The minimum atomic E-state index is 1.15. The van der Waals surface area contributed by atoms with Gasteiger partial charge in [-0.05, 0) is 50.4 Å². The fraction of sp³-hybridized carbons (Fsp3) is 0. The van der Waals surface area contributed by atoms with Crippen LogP contribution in [-0.4, -0.2) is 0 Å². The Bertz CT molecular complexity index is 993. The summed E-state index contributed by atoms with van der Waals surface area (Å²) in [4.78, 5) is 0. The molecule has 4 aromatic rings. The molecule has 0 radical (unpaired) electrons. The summed E-state index contributed by atoms with van der Waals surface area (Å²) in [5.74, 6) is 0. The summed E-state index contributed by atoms with van der Waals surface area (Å²) in [5, 5.41) is 5.18. The molecule has 0 aliphatic rings. The predicted octanol–water partition coefficient (Wildman–Crippen LogP) is 6.30. The minimum Gasteiger partial charge on any atom is -0.0985 e. The molecule has 0 spiro atoms. The zero-order chi connectivity index (χ0) is 14.9. The highest BCUT2D eigenvalue weighted by Gasteiger charge is 2.03. The van der Waals surface area contributed by atoms with Gasteiger partial charge in [0.15, 0.2) is 0 Å². The van der Waals surface area contributed by atoms with E-state index in [1.165, 1.54) is 32.7 Å². The summed E-state index contributed by atoms with van der Waals surface area (Å²) < 4.78 is 0. The molecule has 0 saturated heterocycles. The van der Waals surface area contributed by atoms with Gasteiger partial charge in [0.1, 0.15) is 0 Å². The predicted molar refractivity (Wildman–Crippen MR) is 97.0 cm³/mol. The molecule has 0 bridgehead atoms. The molecule has 0 aromatic heterocycles. The van der Waals surface area contributed by atoms with E-state index in [0.717, 1.165) is 5.56 Å². The van der Waals surface area contributed by atoms with E-state index in [1.807, 2.05) is 6.08 Å². The van der Waals surface area contributed by atoms with Crippen molar-refractivity contribution in [1.29, 1.82) is 0 Å². The van der Waals surface area contributed by atoms with Gasteiger partial charge in [-0.1, -0.05) is 79.4 Å². The number of hydrogen-bond acceptors (Lipinski definition) is 0. The van der Waals surface area contributed by atoms with Crippen LogP contribution in [-0.2, 0) is 0 Å². The van der Waals surface area contributed by atoms with Crippen molar-refractivity contribution in [1.82, 2.24) is 0 Å². The fourth-order valence-corrected chi connectivity index (χ4v) is 3.03. The highest BCUT2D eigenvalue weighted by molar-refractivity contribution is 6.08. The molecular weight excluding hydrogens is 264 g/mol. The van der Waals surface area contributed by atoms with E-state index >= 15 is 0 Å². The molecule has 0 heterocycles. The van der Waals surface area contributed by atoms with Gasteiger partial charge in [0.05, 0.1) is 0 Å². The average molecular weight is 280 g/mol. The third-order valence-corrected chi connectivity index (χ3v) is 4.20. The standard InChI is InChI=1S/C22H16/c1-2-16-6-5-8-19(14-16)20-13-12-18-11-10-17-7-3-4-9-21(17)22(18)15-20/h2-15H,1H2.